The Kier molecular flexibility index (Phi) is 5.31. The summed E-state index contributed by atoms with van der Waals surface area (Å²) in [6, 6.07) is 13.3. The molecule has 4 aromatic rings. The molecule has 0 atom stereocenters. The second-order valence-electron chi connectivity index (χ2n) is 6.74. The van der Waals surface area contributed by atoms with Crippen LogP contribution in [-0.4, -0.2) is 27.3 Å². The van der Waals surface area contributed by atoms with Gasteiger partial charge in [0, 0.05) is 7.05 Å². The van der Waals surface area contributed by atoms with Gasteiger partial charge in [0.2, 0.25) is 0 Å². The number of carbonyl (C=O) groups is 1. The molecule has 0 saturated heterocycles. The van der Waals surface area contributed by atoms with Crippen molar-refractivity contribution in [2.24, 2.45) is 7.05 Å². The number of para-hydroxylation sites is 2. The number of thiophene rings is 1. The van der Waals surface area contributed by atoms with Gasteiger partial charge in [0.05, 0.1) is 39.5 Å². The quantitative estimate of drug-likeness (QED) is 0.487. The van der Waals surface area contributed by atoms with Crippen molar-refractivity contribution < 1.29 is 9.53 Å². The third kappa shape index (κ3) is 3.73. The Labute approximate surface area is 173 Å². The Morgan fingerprint density at radius 1 is 1.24 bits per heavy atom. The van der Waals surface area contributed by atoms with Gasteiger partial charge in [-0.3, -0.25) is 9.48 Å². The number of hydrogen-bond donors (Lipinski definition) is 1. The molecule has 0 saturated carbocycles. The van der Waals surface area contributed by atoms with Crippen molar-refractivity contribution in [1.29, 1.82) is 0 Å². The molecule has 29 heavy (non-hydrogen) atoms. The predicted octanol–water partition coefficient (Wildman–Crippen LogP) is 5.05. The predicted molar refractivity (Wildman–Crippen MR) is 117 cm³/mol. The molecule has 1 aromatic carbocycles. The van der Waals surface area contributed by atoms with E-state index in [-0.39, 0.29) is 5.91 Å². The number of pyridine rings is 1. The highest BCUT2D eigenvalue weighted by Crippen LogP contribution is 2.31. The van der Waals surface area contributed by atoms with Crippen molar-refractivity contribution in [2.75, 3.05) is 11.9 Å². The van der Waals surface area contributed by atoms with Crippen molar-refractivity contribution in [1.82, 2.24) is 14.8 Å². The minimum atomic E-state index is -0.209. The number of nitrogens with one attached hydrogen (secondary N) is 1. The van der Waals surface area contributed by atoms with E-state index >= 15 is 0 Å². The number of hydrogen-bond acceptors (Lipinski definition) is 5. The van der Waals surface area contributed by atoms with Crippen molar-refractivity contribution in [3.63, 3.8) is 0 Å². The maximum absolute atomic E-state index is 13.3. The number of aromatic nitrogens is 3. The third-order valence-corrected chi connectivity index (χ3v) is 5.48. The molecule has 4 rings (SSSR count). The van der Waals surface area contributed by atoms with Gasteiger partial charge in [-0.05, 0) is 43.0 Å². The highest BCUT2D eigenvalue weighted by molar-refractivity contribution is 7.13. The molecule has 148 valence electrons. The van der Waals surface area contributed by atoms with Crippen LogP contribution in [0, 0.1) is 6.92 Å². The molecule has 0 unspecified atom stereocenters. The van der Waals surface area contributed by atoms with Crippen LogP contribution < -0.4 is 10.1 Å². The van der Waals surface area contributed by atoms with Crippen LogP contribution in [-0.2, 0) is 7.05 Å². The van der Waals surface area contributed by atoms with Crippen molar-refractivity contribution in [3.8, 4) is 16.3 Å². The van der Waals surface area contributed by atoms with Gasteiger partial charge in [-0.25, -0.2) is 4.98 Å². The van der Waals surface area contributed by atoms with Crippen LogP contribution in [0.25, 0.3) is 21.6 Å². The lowest BCUT2D eigenvalue weighted by atomic mass is 10.1. The molecule has 0 spiro atoms. The van der Waals surface area contributed by atoms with E-state index in [4.69, 9.17) is 9.72 Å². The summed E-state index contributed by atoms with van der Waals surface area (Å²) in [5.41, 5.74) is 3.42. The Hall–Kier alpha value is -3.19. The van der Waals surface area contributed by atoms with Gasteiger partial charge in [0.1, 0.15) is 5.75 Å². The van der Waals surface area contributed by atoms with Gasteiger partial charge < -0.3 is 10.1 Å². The first-order chi connectivity index (χ1) is 14.1. The zero-order valence-electron chi connectivity index (χ0n) is 16.6. The monoisotopic (exact) mass is 406 g/mol. The van der Waals surface area contributed by atoms with Crippen LogP contribution in [0.2, 0.25) is 0 Å². The Morgan fingerprint density at radius 2 is 2.07 bits per heavy atom. The summed E-state index contributed by atoms with van der Waals surface area (Å²) in [6.07, 6.45) is 0.895. The molecule has 0 radical (unpaired) electrons. The first-order valence-corrected chi connectivity index (χ1v) is 10.4. The number of amides is 1. The van der Waals surface area contributed by atoms with Crippen LogP contribution in [0.4, 0.5) is 5.69 Å². The number of aryl methyl sites for hydroxylation is 2. The topological polar surface area (TPSA) is 69.0 Å². The van der Waals surface area contributed by atoms with Crippen LogP contribution >= 0.6 is 11.3 Å². The highest BCUT2D eigenvalue weighted by Gasteiger charge is 2.20. The second kappa shape index (κ2) is 8.05. The molecular weight excluding hydrogens is 384 g/mol. The molecule has 0 aliphatic carbocycles. The third-order valence-electron chi connectivity index (χ3n) is 4.58. The van der Waals surface area contributed by atoms with E-state index in [0.717, 1.165) is 28.1 Å². The maximum Gasteiger partial charge on any atom is 0.256 e. The number of nitrogens with zero attached hydrogens (tertiary/aromatic N) is 3. The van der Waals surface area contributed by atoms with E-state index in [1.807, 2.05) is 68.7 Å². The molecule has 0 aliphatic heterocycles. The molecule has 3 heterocycles. The van der Waals surface area contributed by atoms with Gasteiger partial charge in [0.15, 0.2) is 5.65 Å². The van der Waals surface area contributed by atoms with Crippen LogP contribution in [0.1, 0.15) is 29.4 Å². The van der Waals surface area contributed by atoms with Crippen molar-refractivity contribution in [2.45, 2.75) is 20.3 Å². The van der Waals surface area contributed by atoms with Crippen molar-refractivity contribution in [3.05, 3.63) is 59.1 Å². The average Bonchev–Trinajstić information content (AvgIpc) is 3.35. The number of carbonyl (C=O) groups excluding carboxylic acids is 1. The Morgan fingerprint density at radius 3 is 2.83 bits per heavy atom. The summed E-state index contributed by atoms with van der Waals surface area (Å²) in [5.74, 6) is 0.452. The van der Waals surface area contributed by atoms with Gasteiger partial charge in [-0.1, -0.05) is 25.1 Å². The number of fused-ring (bicyclic) bond motifs is 1. The fourth-order valence-corrected chi connectivity index (χ4v) is 3.96. The zero-order valence-corrected chi connectivity index (χ0v) is 17.4. The van der Waals surface area contributed by atoms with Gasteiger partial charge in [-0.15, -0.1) is 11.3 Å². The summed E-state index contributed by atoms with van der Waals surface area (Å²) in [6.45, 7) is 4.53. The highest BCUT2D eigenvalue weighted by atomic mass is 32.1. The average molecular weight is 407 g/mol. The summed E-state index contributed by atoms with van der Waals surface area (Å²) < 4.78 is 7.50. The van der Waals surface area contributed by atoms with Gasteiger partial charge in [0.25, 0.3) is 5.91 Å². The summed E-state index contributed by atoms with van der Waals surface area (Å²) in [4.78, 5) is 19.1. The molecule has 0 aliphatic rings. The van der Waals surface area contributed by atoms with Crippen molar-refractivity contribution >= 4 is 34.0 Å². The molecule has 7 heteroatoms. The van der Waals surface area contributed by atoms with E-state index < -0.39 is 0 Å². The fourth-order valence-electron chi connectivity index (χ4n) is 3.27. The zero-order chi connectivity index (χ0) is 20.4. The first-order valence-electron chi connectivity index (χ1n) is 9.50. The Balaban J connectivity index is 1.78. The largest absolute Gasteiger partial charge is 0.491 e. The number of benzene rings is 1. The molecule has 3 aromatic heterocycles. The van der Waals surface area contributed by atoms with E-state index in [1.165, 1.54) is 0 Å². The molecule has 6 nitrogen and oxygen atoms in total. The summed E-state index contributed by atoms with van der Waals surface area (Å²) >= 11 is 1.59. The first kappa shape index (κ1) is 19.1. The Bertz CT molecular complexity index is 1170. The standard InChI is InChI=1S/C22H22N4O2S/c1-4-11-28-18-9-6-5-8-16(18)24-22(27)15-13-17(19-10-7-12-29-19)23-21-20(15)14(2)25-26(21)3/h5-10,12-13H,4,11H2,1-3H3,(H,24,27). The van der Waals surface area contributed by atoms with Crippen LogP contribution in [0.3, 0.4) is 0 Å². The smallest absolute Gasteiger partial charge is 0.256 e. The number of ether oxygens (including phenoxy) is 1. The van der Waals surface area contributed by atoms with Gasteiger partial charge in [-0.2, -0.15) is 5.10 Å². The lowest BCUT2D eigenvalue weighted by Crippen LogP contribution is -2.14. The van der Waals surface area contributed by atoms with E-state index in [0.29, 0.717) is 29.3 Å². The molecule has 1 amide bonds. The molecule has 0 bridgehead atoms. The van der Waals surface area contributed by atoms with Crippen LogP contribution in [0.5, 0.6) is 5.75 Å². The maximum atomic E-state index is 13.3. The van der Waals surface area contributed by atoms with E-state index in [2.05, 4.69) is 10.4 Å². The molecular formula is C22H22N4O2S. The SMILES string of the molecule is CCCOc1ccccc1NC(=O)c1cc(-c2cccs2)nc2c1c(C)nn2C. The lowest BCUT2D eigenvalue weighted by molar-refractivity contribution is 0.102. The van der Waals surface area contributed by atoms with Gasteiger partial charge >= 0.3 is 0 Å². The normalized spacial score (nSPS) is 11.0. The summed E-state index contributed by atoms with van der Waals surface area (Å²) in [7, 11) is 1.84. The number of anilines is 1. The lowest BCUT2D eigenvalue weighted by Gasteiger charge is -2.13. The molecule has 1 N–H and O–H groups in total. The van der Waals surface area contributed by atoms with E-state index in [9.17, 15) is 4.79 Å². The second-order valence-corrected chi connectivity index (χ2v) is 7.69. The number of rotatable bonds is 6. The summed E-state index contributed by atoms with van der Waals surface area (Å²) in [5, 5.41) is 10.2. The molecule has 0 fully saturated rings. The van der Waals surface area contributed by atoms with Crippen LogP contribution in [0.15, 0.2) is 47.8 Å². The van der Waals surface area contributed by atoms with E-state index in [1.54, 1.807) is 16.0 Å². The fraction of sp³-hybridized carbons (Fsp3) is 0.227. The minimum absolute atomic E-state index is 0.209. The minimum Gasteiger partial charge on any atom is -0.491 e.